The third kappa shape index (κ3) is 8.86. The highest BCUT2D eigenvalue weighted by Gasteiger charge is 2.19. The van der Waals surface area contributed by atoms with Gasteiger partial charge in [-0.25, -0.2) is 9.59 Å². The molecule has 0 aliphatic heterocycles. The lowest BCUT2D eigenvalue weighted by molar-refractivity contribution is 0.0635. The van der Waals surface area contributed by atoms with Gasteiger partial charge in [0.25, 0.3) is 11.8 Å². The van der Waals surface area contributed by atoms with E-state index in [0.29, 0.717) is 34.1 Å². The third-order valence-corrected chi connectivity index (χ3v) is 6.32. The molecule has 45 heavy (non-hydrogen) atoms. The van der Waals surface area contributed by atoms with E-state index in [0.717, 1.165) is 11.1 Å². The largest absolute Gasteiger partial charge is 0.445 e. The molecule has 4 N–H and O–H groups in total. The molecular weight excluding hydrogens is 576 g/mol. The van der Waals surface area contributed by atoms with Gasteiger partial charge in [0.05, 0.1) is 5.69 Å². The molecule has 4 rings (SSSR count). The fourth-order valence-corrected chi connectivity index (χ4v) is 4.29. The van der Waals surface area contributed by atoms with Crippen LogP contribution in [-0.2, 0) is 23.6 Å². The lowest BCUT2D eigenvalue weighted by atomic mass is 10.1. The first-order chi connectivity index (χ1) is 21.3. The van der Waals surface area contributed by atoms with Gasteiger partial charge in [0.15, 0.2) is 0 Å². The molecule has 2 aromatic heterocycles. The molecule has 0 bridgehead atoms. The van der Waals surface area contributed by atoms with E-state index >= 15 is 0 Å². The molecular formula is C33H36N6O6. The standard InChI is InChI=1S/C33H36N6O6/c1-7-16-44-31(42)36-25-14-12-24(13-15-25)35-29(40)27-17-22(19-38(27)5)21-8-10-23(11-9-21)34-30(41)28-18-26(20-39(28)6)37-32(43)45-33(2,3)4/h7-15,17-20H,1,16H2,2-6H3,(H,34,41)(H,35,40)(H,36,42)(H,37,43). The SMILES string of the molecule is C=CCOC(=O)Nc1ccc(NC(=O)c2cc(-c3ccc(NC(=O)c4cc(NC(=O)OC(C)(C)C)cn4C)cc3)cn2C)cc1. The van der Waals surface area contributed by atoms with E-state index in [-0.39, 0.29) is 18.4 Å². The average Bonchev–Trinajstić information content (AvgIpc) is 3.54. The number of carbonyl (C=O) groups is 4. The van der Waals surface area contributed by atoms with Crippen LogP contribution in [0, 0.1) is 0 Å². The molecule has 0 spiro atoms. The number of hydrogen-bond acceptors (Lipinski definition) is 6. The topological polar surface area (TPSA) is 145 Å². The highest BCUT2D eigenvalue weighted by atomic mass is 16.6. The minimum atomic E-state index is -0.643. The molecule has 2 aromatic carbocycles. The Kier molecular flexibility index (Phi) is 9.77. The van der Waals surface area contributed by atoms with Crippen molar-refractivity contribution in [2.45, 2.75) is 26.4 Å². The zero-order valence-electron chi connectivity index (χ0n) is 25.8. The van der Waals surface area contributed by atoms with Crippen LogP contribution >= 0.6 is 0 Å². The predicted molar refractivity (Wildman–Crippen MR) is 174 cm³/mol. The van der Waals surface area contributed by atoms with Crippen LogP contribution in [0.2, 0.25) is 0 Å². The van der Waals surface area contributed by atoms with Gasteiger partial charge in [-0.2, -0.15) is 0 Å². The van der Waals surface area contributed by atoms with Crippen molar-refractivity contribution in [2.24, 2.45) is 14.1 Å². The number of hydrogen-bond donors (Lipinski definition) is 4. The van der Waals surface area contributed by atoms with Gasteiger partial charge >= 0.3 is 12.2 Å². The monoisotopic (exact) mass is 612 g/mol. The molecule has 0 saturated carbocycles. The Balaban J connectivity index is 1.36. The van der Waals surface area contributed by atoms with Gasteiger partial charge in [-0.3, -0.25) is 20.2 Å². The Bertz CT molecular complexity index is 1710. The number of rotatable bonds is 9. The van der Waals surface area contributed by atoms with Gasteiger partial charge in [-0.15, -0.1) is 0 Å². The van der Waals surface area contributed by atoms with Crippen LogP contribution in [0.4, 0.5) is 32.3 Å². The van der Waals surface area contributed by atoms with E-state index in [1.54, 1.807) is 98.7 Å². The molecule has 234 valence electrons. The highest BCUT2D eigenvalue weighted by molar-refractivity contribution is 6.05. The smallest absolute Gasteiger partial charge is 0.412 e. The lowest BCUT2D eigenvalue weighted by Gasteiger charge is -2.19. The summed E-state index contributed by atoms with van der Waals surface area (Å²) in [5.74, 6) is -0.653. The van der Waals surface area contributed by atoms with E-state index in [9.17, 15) is 19.2 Å². The van der Waals surface area contributed by atoms with Gasteiger partial charge in [-0.1, -0.05) is 24.8 Å². The summed E-state index contributed by atoms with van der Waals surface area (Å²) in [5, 5.41) is 10.9. The maximum absolute atomic E-state index is 13.0. The molecule has 0 aliphatic rings. The van der Waals surface area contributed by atoms with E-state index in [2.05, 4.69) is 27.8 Å². The quantitative estimate of drug-likeness (QED) is 0.156. The predicted octanol–water partition coefficient (Wildman–Crippen LogP) is 6.62. The summed E-state index contributed by atoms with van der Waals surface area (Å²) in [6, 6.07) is 17.2. The molecule has 0 atom stereocenters. The van der Waals surface area contributed by atoms with Gasteiger partial charge in [0.1, 0.15) is 23.6 Å². The summed E-state index contributed by atoms with van der Waals surface area (Å²) in [5.41, 5.74) is 3.90. The van der Waals surface area contributed by atoms with Crippen molar-refractivity contribution >= 4 is 46.8 Å². The Morgan fingerprint density at radius 3 is 1.73 bits per heavy atom. The summed E-state index contributed by atoms with van der Waals surface area (Å²) >= 11 is 0. The average molecular weight is 613 g/mol. The fraction of sp³-hybridized carbons (Fsp3) is 0.212. The number of anilines is 4. The zero-order valence-corrected chi connectivity index (χ0v) is 25.8. The maximum Gasteiger partial charge on any atom is 0.412 e. The Labute approximate surface area is 261 Å². The van der Waals surface area contributed by atoms with Crippen LogP contribution in [0.1, 0.15) is 41.7 Å². The first kappa shape index (κ1) is 32.1. The van der Waals surface area contributed by atoms with E-state index in [1.807, 2.05) is 18.3 Å². The van der Waals surface area contributed by atoms with Gasteiger partial charge in [-0.05, 0) is 74.9 Å². The second-order valence-corrected chi connectivity index (χ2v) is 11.2. The Morgan fingerprint density at radius 1 is 0.689 bits per heavy atom. The molecule has 4 aromatic rings. The molecule has 0 saturated heterocycles. The van der Waals surface area contributed by atoms with E-state index in [1.165, 1.54) is 6.08 Å². The number of nitrogens with zero attached hydrogens (tertiary/aromatic N) is 2. The number of ether oxygens (including phenoxy) is 2. The van der Waals surface area contributed by atoms with E-state index < -0.39 is 17.8 Å². The Hall–Kier alpha value is -5.78. The van der Waals surface area contributed by atoms with Crippen molar-refractivity contribution in [3.8, 4) is 11.1 Å². The summed E-state index contributed by atoms with van der Waals surface area (Å²) < 4.78 is 13.5. The van der Waals surface area contributed by atoms with Crippen LogP contribution < -0.4 is 21.3 Å². The molecule has 0 fully saturated rings. The van der Waals surface area contributed by atoms with Crippen LogP contribution in [0.3, 0.4) is 0 Å². The molecule has 0 aliphatic carbocycles. The maximum atomic E-state index is 13.0. The molecule has 12 nitrogen and oxygen atoms in total. The minimum absolute atomic E-state index is 0.103. The van der Waals surface area contributed by atoms with Gasteiger partial charge in [0.2, 0.25) is 0 Å². The first-order valence-electron chi connectivity index (χ1n) is 14.0. The number of amides is 4. The van der Waals surface area contributed by atoms with Crippen molar-refractivity contribution in [1.29, 1.82) is 0 Å². The number of carbonyl (C=O) groups excluding carboxylic acids is 4. The summed E-state index contributed by atoms with van der Waals surface area (Å²) in [7, 11) is 3.48. The fourth-order valence-electron chi connectivity index (χ4n) is 4.29. The molecule has 2 heterocycles. The second kappa shape index (κ2) is 13.7. The van der Waals surface area contributed by atoms with Gasteiger partial charge in [0, 0.05) is 49.1 Å². The Morgan fingerprint density at radius 2 is 1.18 bits per heavy atom. The highest BCUT2D eigenvalue weighted by Crippen LogP contribution is 2.25. The number of benzene rings is 2. The second-order valence-electron chi connectivity index (χ2n) is 11.2. The van der Waals surface area contributed by atoms with Crippen molar-refractivity contribution < 1.29 is 28.7 Å². The van der Waals surface area contributed by atoms with Crippen molar-refractivity contribution in [2.75, 3.05) is 27.9 Å². The summed E-state index contributed by atoms with van der Waals surface area (Å²) in [4.78, 5) is 49.7. The normalized spacial score (nSPS) is 10.9. The number of aryl methyl sites for hydroxylation is 2. The van der Waals surface area contributed by atoms with Crippen LogP contribution in [0.15, 0.2) is 85.7 Å². The number of aromatic nitrogens is 2. The minimum Gasteiger partial charge on any atom is -0.445 e. The first-order valence-corrected chi connectivity index (χ1v) is 14.0. The summed E-state index contributed by atoms with van der Waals surface area (Å²) in [6.07, 6.45) is 3.73. The summed E-state index contributed by atoms with van der Waals surface area (Å²) in [6.45, 7) is 8.90. The molecule has 4 amide bonds. The molecule has 0 radical (unpaired) electrons. The van der Waals surface area contributed by atoms with Crippen molar-refractivity contribution in [1.82, 2.24) is 9.13 Å². The van der Waals surface area contributed by atoms with Gasteiger partial charge < -0.3 is 29.2 Å². The molecule has 12 heteroatoms. The van der Waals surface area contributed by atoms with E-state index in [4.69, 9.17) is 9.47 Å². The number of nitrogens with one attached hydrogen (secondary N) is 4. The van der Waals surface area contributed by atoms with Crippen molar-refractivity contribution in [3.05, 3.63) is 97.1 Å². The van der Waals surface area contributed by atoms with Crippen LogP contribution in [0.5, 0.6) is 0 Å². The molecule has 0 unspecified atom stereocenters. The third-order valence-electron chi connectivity index (χ3n) is 6.32. The lowest BCUT2D eigenvalue weighted by Crippen LogP contribution is -2.27. The zero-order chi connectivity index (χ0) is 32.7. The van der Waals surface area contributed by atoms with Crippen molar-refractivity contribution in [3.63, 3.8) is 0 Å². The van der Waals surface area contributed by atoms with Crippen LogP contribution in [-0.4, -0.2) is 45.3 Å². The van der Waals surface area contributed by atoms with Crippen LogP contribution in [0.25, 0.3) is 11.1 Å².